The van der Waals surface area contributed by atoms with E-state index < -0.39 is 22.4 Å². The molecule has 0 aliphatic rings. The van der Waals surface area contributed by atoms with Gasteiger partial charge in [0.25, 0.3) is 5.69 Å². The van der Waals surface area contributed by atoms with Crippen LogP contribution in [-0.2, 0) is 4.74 Å². The second kappa shape index (κ2) is 8.32. The summed E-state index contributed by atoms with van der Waals surface area (Å²) in [5, 5.41) is 15.5. The number of aromatic nitrogens is 3. The number of nitro benzene ring substituents is 1. The number of ether oxygens (including phenoxy) is 2. The van der Waals surface area contributed by atoms with Crippen LogP contribution in [0.25, 0.3) is 5.69 Å². The standard InChI is InChI=1S/C21H22N4O5/c1-21(2,3)19(14-6-5-7-16(10-14)29-4)30-20(26)15-8-9-17(18(11-15)25(27)28)24-13-22-12-23-24/h5-13,19H,1-4H3. The molecule has 9 nitrogen and oxygen atoms in total. The minimum absolute atomic E-state index is 0.0720. The van der Waals surface area contributed by atoms with Crippen LogP contribution in [0, 0.1) is 15.5 Å². The quantitative estimate of drug-likeness (QED) is 0.341. The molecule has 1 unspecified atom stereocenters. The largest absolute Gasteiger partial charge is 0.497 e. The van der Waals surface area contributed by atoms with Crippen molar-refractivity contribution in [2.45, 2.75) is 26.9 Å². The van der Waals surface area contributed by atoms with E-state index in [4.69, 9.17) is 9.47 Å². The summed E-state index contributed by atoms with van der Waals surface area (Å²) in [6, 6.07) is 11.4. The van der Waals surface area contributed by atoms with Crippen molar-refractivity contribution in [2.24, 2.45) is 5.41 Å². The second-order valence-corrected chi connectivity index (χ2v) is 7.73. The number of hydrogen-bond acceptors (Lipinski definition) is 7. The molecule has 3 aromatic rings. The Hall–Kier alpha value is -3.75. The van der Waals surface area contributed by atoms with Crippen LogP contribution in [0.4, 0.5) is 5.69 Å². The van der Waals surface area contributed by atoms with E-state index in [0.717, 1.165) is 5.56 Å². The van der Waals surface area contributed by atoms with E-state index in [1.165, 1.54) is 35.5 Å². The molecule has 1 aromatic heterocycles. The number of benzene rings is 2. The fraction of sp³-hybridized carbons (Fsp3) is 0.286. The highest BCUT2D eigenvalue weighted by molar-refractivity contribution is 5.91. The molecule has 156 valence electrons. The molecule has 0 aliphatic carbocycles. The van der Waals surface area contributed by atoms with E-state index in [0.29, 0.717) is 5.75 Å². The Bertz CT molecular complexity index is 1060. The molecule has 0 radical (unpaired) electrons. The third kappa shape index (κ3) is 4.45. The van der Waals surface area contributed by atoms with E-state index in [-0.39, 0.29) is 16.9 Å². The van der Waals surface area contributed by atoms with Gasteiger partial charge in [-0.05, 0) is 29.8 Å². The van der Waals surface area contributed by atoms with Crippen LogP contribution >= 0.6 is 0 Å². The Morgan fingerprint density at radius 3 is 2.57 bits per heavy atom. The lowest BCUT2D eigenvalue weighted by Gasteiger charge is -2.31. The van der Waals surface area contributed by atoms with Crippen molar-refractivity contribution in [3.05, 3.63) is 76.4 Å². The minimum Gasteiger partial charge on any atom is -0.497 e. The van der Waals surface area contributed by atoms with Crippen molar-refractivity contribution in [3.63, 3.8) is 0 Å². The maximum atomic E-state index is 12.9. The summed E-state index contributed by atoms with van der Waals surface area (Å²) in [5.41, 5.74) is 0.346. The molecule has 30 heavy (non-hydrogen) atoms. The molecule has 0 N–H and O–H groups in total. The van der Waals surface area contributed by atoms with Gasteiger partial charge in [0.05, 0.1) is 17.6 Å². The van der Waals surface area contributed by atoms with Crippen LogP contribution in [0.1, 0.15) is 42.8 Å². The number of nitro groups is 1. The smallest absolute Gasteiger partial charge is 0.339 e. The topological polar surface area (TPSA) is 109 Å². The van der Waals surface area contributed by atoms with Crippen LogP contribution in [0.5, 0.6) is 5.75 Å². The number of nitrogens with zero attached hydrogens (tertiary/aromatic N) is 4. The van der Waals surface area contributed by atoms with Crippen LogP contribution < -0.4 is 4.74 Å². The maximum Gasteiger partial charge on any atom is 0.339 e. The molecule has 3 rings (SSSR count). The number of hydrogen-bond donors (Lipinski definition) is 0. The molecule has 0 saturated carbocycles. The molecule has 0 amide bonds. The summed E-state index contributed by atoms with van der Waals surface area (Å²) in [6.45, 7) is 5.84. The summed E-state index contributed by atoms with van der Waals surface area (Å²) < 4.78 is 12.3. The third-order valence-electron chi connectivity index (χ3n) is 4.48. The van der Waals surface area contributed by atoms with E-state index in [2.05, 4.69) is 10.1 Å². The van der Waals surface area contributed by atoms with Crippen LogP contribution in [0.15, 0.2) is 55.1 Å². The highest BCUT2D eigenvalue weighted by Crippen LogP contribution is 2.38. The highest BCUT2D eigenvalue weighted by Gasteiger charge is 2.31. The van der Waals surface area contributed by atoms with Gasteiger partial charge < -0.3 is 9.47 Å². The molecule has 2 aromatic carbocycles. The number of rotatable bonds is 6. The summed E-state index contributed by atoms with van der Waals surface area (Å²) in [7, 11) is 1.56. The third-order valence-corrected chi connectivity index (χ3v) is 4.48. The average molecular weight is 410 g/mol. The van der Waals surface area contributed by atoms with E-state index in [9.17, 15) is 14.9 Å². The predicted molar refractivity (Wildman–Crippen MR) is 109 cm³/mol. The SMILES string of the molecule is COc1cccc(C(OC(=O)c2ccc(-n3cncn3)c([N+](=O)[O-])c2)C(C)(C)C)c1. The molecule has 0 spiro atoms. The normalized spacial score (nSPS) is 12.3. The lowest BCUT2D eigenvalue weighted by molar-refractivity contribution is -0.384. The first-order chi connectivity index (χ1) is 14.2. The fourth-order valence-electron chi connectivity index (χ4n) is 3.05. The zero-order valence-electron chi connectivity index (χ0n) is 17.1. The maximum absolute atomic E-state index is 12.9. The van der Waals surface area contributed by atoms with Crippen molar-refractivity contribution in [3.8, 4) is 11.4 Å². The summed E-state index contributed by atoms with van der Waals surface area (Å²) in [4.78, 5) is 27.7. The van der Waals surface area contributed by atoms with Crippen molar-refractivity contribution in [2.75, 3.05) is 7.11 Å². The molecule has 1 heterocycles. The molecule has 0 fully saturated rings. The number of carbonyl (C=O) groups excluding carboxylic acids is 1. The van der Waals surface area contributed by atoms with Gasteiger partial charge in [0, 0.05) is 11.5 Å². The van der Waals surface area contributed by atoms with Gasteiger partial charge in [-0.1, -0.05) is 32.9 Å². The fourth-order valence-corrected chi connectivity index (χ4v) is 3.05. The van der Waals surface area contributed by atoms with Crippen LogP contribution in [0.2, 0.25) is 0 Å². The number of methoxy groups -OCH3 is 1. The monoisotopic (exact) mass is 410 g/mol. The average Bonchev–Trinajstić information content (AvgIpc) is 3.25. The molecular formula is C21H22N4O5. The Kier molecular flexibility index (Phi) is 5.81. The zero-order valence-corrected chi connectivity index (χ0v) is 17.1. The zero-order chi connectivity index (χ0) is 21.9. The van der Waals surface area contributed by atoms with E-state index in [1.54, 1.807) is 19.2 Å². The molecule has 0 bridgehead atoms. The summed E-state index contributed by atoms with van der Waals surface area (Å²) in [5.74, 6) is -0.0170. The predicted octanol–water partition coefficient (Wildman–Crippen LogP) is 4.13. The van der Waals surface area contributed by atoms with Gasteiger partial charge in [0.15, 0.2) is 0 Å². The highest BCUT2D eigenvalue weighted by atomic mass is 16.6. The molecule has 0 saturated heterocycles. The van der Waals surface area contributed by atoms with E-state index >= 15 is 0 Å². The molecular weight excluding hydrogens is 388 g/mol. The van der Waals surface area contributed by atoms with Crippen molar-refractivity contribution >= 4 is 11.7 Å². The molecule has 1 atom stereocenters. The number of esters is 1. The van der Waals surface area contributed by atoms with Gasteiger partial charge in [0.1, 0.15) is 30.2 Å². The first-order valence-corrected chi connectivity index (χ1v) is 9.19. The van der Waals surface area contributed by atoms with Gasteiger partial charge in [-0.15, -0.1) is 0 Å². The van der Waals surface area contributed by atoms with Crippen molar-refractivity contribution in [1.82, 2.24) is 14.8 Å². The van der Waals surface area contributed by atoms with Crippen LogP contribution in [0.3, 0.4) is 0 Å². The Morgan fingerprint density at radius 1 is 1.20 bits per heavy atom. The van der Waals surface area contributed by atoms with Gasteiger partial charge >= 0.3 is 5.97 Å². The minimum atomic E-state index is -0.661. The van der Waals surface area contributed by atoms with Gasteiger partial charge in [-0.25, -0.2) is 14.5 Å². The second-order valence-electron chi connectivity index (χ2n) is 7.73. The Balaban J connectivity index is 1.94. The molecule has 9 heteroatoms. The first-order valence-electron chi connectivity index (χ1n) is 9.19. The summed E-state index contributed by atoms with van der Waals surface area (Å²) >= 11 is 0. The lowest BCUT2D eigenvalue weighted by atomic mass is 9.84. The van der Waals surface area contributed by atoms with Crippen LogP contribution in [-0.4, -0.2) is 32.8 Å². The number of carbonyl (C=O) groups is 1. The lowest BCUT2D eigenvalue weighted by Crippen LogP contribution is -2.24. The van der Waals surface area contributed by atoms with Gasteiger partial charge in [0.2, 0.25) is 0 Å². The Morgan fingerprint density at radius 2 is 1.97 bits per heavy atom. The van der Waals surface area contributed by atoms with Crippen molar-refractivity contribution < 1.29 is 19.2 Å². The summed E-state index contributed by atoms with van der Waals surface area (Å²) in [6.07, 6.45) is 2.03. The van der Waals surface area contributed by atoms with Crippen molar-refractivity contribution in [1.29, 1.82) is 0 Å². The van der Waals surface area contributed by atoms with Gasteiger partial charge in [-0.2, -0.15) is 5.10 Å². The molecule has 0 aliphatic heterocycles. The Labute approximate surface area is 173 Å². The first kappa shape index (κ1) is 21.0. The van der Waals surface area contributed by atoms with Gasteiger partial charge in [-0.3, -0.25) is 10.1 Å². The van der Waals surface area contributed by atoms with E-state index in [1.807, 2.05) is 32.9 Å².